The van der Waals surface area contributed by atoms with Crippen LogP contribution in [0.5, 0.6) is 34.5 Å². The SMILES string of the molecule is COC(=O)CC[C@H](Cc1cc(OC)c(OC)c(OC)c1)[C@@H](Cc1cc(OC)c(OC)c(OC)c1)C(=O)OC. The number of carbonyl (C=O) groups excluding carboxylic acids is 2. The number of hydrogen-bond donors (Lipinski definition) is 0. The minimum atomic E-state index is -0.605. The van der Waals surface area contributed by atoms with Crippen LogP contribution in [0.2, 0.25) is 0 Å². The normalized spacial score (nSPS) is 12.1. The van der Waals surface area contributed by atoms with Gasteiger partial charge in [0.1, 0.15) is 0 Å². The van der Waals surface area contributed by atoms with Crippen molar-refractivity contribution in [3.63, 3.8) is 0 Å². The van der Waals surface area contributed by atoms with Gasteiger partial charge >= 0.3 is 11.9 Å². The summed E-state index contributed by atoms with van der Waals surface area (Å²) in [6.45, 7) is 0. The molecule has 0 aliphatic carbocycles. The topological polar surface area (TPSA) is 108 Å². The summed E-state index contributed by atoms with van der Waals surface area (Å²) in [7, 11) is 11.9. The van der Waals surface area contributed by atoms with Gasteiger partial charge < -0.3 is 37.9 Å². The number of methoxy groups -OCH3 is 8. The van der Waals surface area contributed by atoms with Crippen molar-refractivity contribution < 1.29 is 47.5 Å². The molecular formula is C28H38O10. The summed E-state index contributed by atoms with van der Waals surface area (Å²) in [5.41, 5.74) is 1.62. The van der Waals surface area contributed by atoms with Gasteiger partial charge in [-0.15, -0.1) is 0 Å². The van der Waals surface area contributed by atoms with Crippen molar-refractivity contribution in [1.29, 1.82) is 0 Å². The molecule has 2 rings (SSSR count). The third-order valence-electron chi connectivity index (χ3n) is 6.42. The molecule has 0 aliphatic rings. The molecule has 0 N–H and O–H groups in total. The Kier molecular flexibility index (Phi) is 11.8. The zero-order valence-corrected chi connectivity index (χ0v) is 23.4. The molecule has 0 spiro atoms. The average molecular weight is 535 g/mol. The van der Waals surface area contributed by atoms with E-state index < -0.39 is 11.9 Å². The summed E-state index contributed by atoms with van der Waals surface area (Å²) >= 11 is 0. The van der Waals surface area contributed by atoms with Crippen molar-refractivity contribution in [3.05, 3.63) is 35.4 Å². The minimum Gasteiger partial charge on any atom is -0.493 e. The zero-order valence-electron chi connectivity index (χ0n) is 23.4. The van der Waals surface area contributed by atoms with Crippen molar-refractivity contribution in [3.8, 4) is 34.5 Å². The molecule has 10 nitrogen and oxygen atoms in total. The van der Waals surface area contributed by atoms with Crippen molar-refractivity contribution in [2.24, 2.45) is 11.8 Å². The van der Waals surface area contributed by atoms with E-state index >= 15 is 0 Å². The highest BCUT2D eigenvalue weighted by atomic mass is 16.5. The van der Waals surface area contributed by atoms with Gasteiger partial charge in [-0.2, -0.15) is 0 Å². The quantitative estimate of drug-likeness (QED) is 0.312. The first-order valence-corrected chi connectivity index (χ1v) is 12.0. The van der Waals surface area contributed by atoms with E-state index in [0.717, 1.165) is 11.1 Å². The van der Waals surface area contributed by atoms with Crippen molar-refractivity contribution in [2.45, 2.75) is 25.7 Å². The number of esters is 2. The molecule has 0 aromatic heterocycles. The van der Waals surface area contributed by atoms with Gasteiger partial charge in [0.25, 0.3) is 0 Å². The molecule has 0 aliphatic heterocycles. The predicted octanol–water partition coefficient (Wildman–Crippen LogP) is 3.88. The second kappa shape index (κ2) is 14.8. The van der Waals surface area contributed by atoms with Crippen LogP contribution >= 0.6 is 0 Å². The van der Waals surface area contributed by atoms with Crippen LogP contribution in [-0.2, 0) is 31.9 Å². The fourth-order valence-corrected chi connectivity index (χ4v) is 4.51. The van der Waals surface area contributed by atoms with Gasteiger partial charge in [0.05, 0.1) is 62.8 Å². The lowest BCUT2D eigenvalue weighted by atomic mass is 9.80. The largest absolute Gasteiger partial charge is 0.493 e. The Morgan fingerprint density at radius 2 is 1.03 bits per heavy atom. The number of hydrogen-bond acceptors (Lipinski definition) is 10. The Bertz CT molecular complexity index is 1030. The van der Waals surface area contributed by atoms with Gasteiger partial charge in [0.15, 0.2) is 23.0 Å². The summed E-state index contributed by atoms with van der Waals surface area (Å²) in [6.07, 6.45) is 1.25. The molecule has 210 valence electrons. The van der Waals surface area contributed by atoms with Gasteiger partial charge in [-0.05, 0) is 60.6 Å². The predicted molar refractivity (Wildman–Crippen MR) is 140 cm³/mol. The molecule has 0 saturated heterocycles. The first-order chi connectivity index (χ1) is 18.3. The van der Waals surface area contributed by atoms with Crippen LogP contribution in [0, 0.1) is 11.8 Å². The van der Waals surface area contributed by atoms with Crippen molar-refractivity contribution in [1.82, 2.24) is 0 Å². The molecule has 0 fully saturated rings. The molecule has 0 heterocycles. The van der Waals surface area contributed by atoms with Crippen LogP contribution in [0.25, 0.3) is 0 Å². The summed E-state index contributed by atoms with van der Waals surface area (Å²) in [5, 5.41) is 0. The van der Waals surface area contributed by atoms with Crippen molar-refractivity contribution >= 4 is 11.9 Å². The van der Waals surface area contributed by atoms with Gasteiger partial charge in [-0.3, -0.25) is 9.59 Å². The van der Waals surface area contributed by atoms with E-state index in [4.69, 9.17) is 37.9 Å². The van der Waals surface area contributed by atoms with Gasteiger partial charge in [-0.1, -0.05) is 0 Å². The lowest BCUT2D eigenvalue weighted by Gasteiger charge is -2.26. The van der Waals surface area contributed by atoms with E-state index in [9.17, 15) is 9.59 Å². The number of carbonyl (C=O) groups is 2. The fourth-order valence-electron chi connectivity index (χ4n) is 4.51. The Labute approximate surface area is 224 Å². The van der Waals surface area contributed by atoms with Crippen LogP contribution in [0.15, 0.2) is 24.3 Å². The maximum Gasteiger partial charge on any atom is 0.309 e. The highest BCUT2D eigenvalue weighted by Crippen LogP contribution is 2.41. The summed E-state index contributed by atoms with van der Waals surface area (Å²) in [4.78, 5) is 25.2. The molecule has 0 radical (unpaired) electrons. The first-order valence-electron chi connectivity index (χ1n) is 12.0. The van der Waals surface area contributed by atoms with Crippen LogP contribution < -0.4 is 28.4 Å². The second-order valence-corrected chi connectivity index (χ2v) is 8.48. The maximum atomic E-state index is 13.1. The number of benzene rings is 2. The van der Waals surface area contributed by atoms with Crippen LogP contribution in [0.3, 0.4) is 0 Å². The third kappa shape index (κ3) is 7.36. The Morgan fingerprint density at radius 3 is 1.37 bits per heavy atom. The van der Waals surface area contributed by atoms with E-state index in [2.05, 4.69) is 0 Å². The van der Waals surface area contributed by atoms with Gasteiger partial charge in [0, 0.05) is 6.42 Å². The molecule has 2 aromatic rings. The van der Waals surface area contributed by atoms with E-state index in [1.807, 2.05) is 12.1 Å². The molecule has 38 heavy (non-hydrogen) atoms. The van der Waals surface area contributed by atoms with E-state index in [0.29, 0.717) is 53.8 Å². The molecule has 0 unspecified atom stereocenters. The maximum absolute atomic E-state index is 13.1. The standard InChI is InChI=1S/C28H38O10/c1-31-21-13-17(14-22(32-2)26(21)36-6)11-19(9-10-25(29)35-5)20(28(30)38-8)12-18-15-23(33-3)27(37-7)24(16-18)34-4/h13-16,19-20H,9-12H2,1-8H3/t19-,20-/m1/s1. The Hall–Kier alpha value is -3.82. The molecule has 0 bridgehead atoms. The molecule has 2 aromatic carbocycles. The molecule has 0 saturated carbocycles. The molecular weight excluding hydrogens is 496 g/mol. The lowest BCUT2D eigenvalue weighted by molar-refractivity contribution is -0.148. The average Bonchev–Trinajstić information content (AvgIpc) is 2.95. The fraction of sp³-hybridized carbons (Fsp3) is 0.500. The number of ether oxygens (including phenoxy) is 8. The van der Waals surface area contributed by atoms with Gasteiger partial charge in [0.2, 0.25) is 11.5 Å². The van der Waals surface area contributed by atoms with Gasteiger partial charge in [-0.25, -0.2) is 0 Å². The second-order valence-electron chi connectivity index (χ2n) is 8.48. The zero-order chi connectivity index (χ0) is 28.2. The van der Waals surface area contributed by atoms with Crippen molar-refractivity contribution in [2.75, 3.05) is 56.9 Å². The van der Waals surface area contributed by atoms with E-state index in [1.54, 1.807) is 12.1 Å². The third-order valence-corrected chi connectivity index (χ3v) is 6.42. The molecule has 0 amide bonds. The highest BCUT2D eigenvalue weighted by Gasteiger charge is 2.32. The summed E-state index contributed by atoms with van der Waals surface area (Å²) in [5.74, 6) is 1.18. The molecule has 2 atom stereocenters. The Balaban J connectivity index is 2.55. The van der Waals surface area contributed by atoms with Crippen LogP contribution in [-0.4, -0.2) is 68.8 Å². The monoisotopic (exact) mass is 534 g/mol. The highest BCUT2D eigenvalue weighted by molar-refractivity contribution is 5.74. The Morgan fingerprint density at radius 1 is 0.605 bits per heavy atom. The van der Waals surface area contributed by atoms with E-state index in [-0.39, 0.29) is 18.3 Å². The first kappa shape index (κ1) is 30.4. The lowest BCUT2D eigenvalue weighted by Crippen LogP contribution is -2.29. The minimum absolute atomic E-state index is 0.133. The van der Waals surface area contributed by atoms with E-state index in [1.165, 1.54) is 56.9 Å². The summed E-state index contributed by atoms with van der Waals surface area (Å²) < 4.78 is 42.9. The smallest absolute Gasteiger partial charge is 0.309 e. The summed E-state index contributed by atoms with van der Waals surface area (Å²) in [6, 6.07) is 7.27. The molecule has 10 heteroatoms. The van der Waals surface area contributed by atoms with Crippen LogP contribution in [0.4, 0.5) is 0 Å². The van der Waals surface area contributed by atoms with Crippen LogP contribution in [0.1, 0.15) is 24.0 Å². The number of rotatable bonds is 15.